The quantitative estimate of drug-likeness (QED) is 0.865. The van der Waals surface area contributed by atoms with E-state index in [1.54, 1.807) is 11.3 Å². The summed E-state index contributed by atoms with van der Waals surface area (Å²) in [6, 6.07) is 2.84. The first-order valence-electron chi connectivity index (χ1n) is 5.21. The molecule has 0 bridgehead atoms. The lowest BCUT2D eigenvalue weighted by atomic mass is 10.2. The lowest BCUT2D eigenvalue weighted by Gasteiger charge is -2.19. The fourth-order valence-electron chi connectivity index (χ4n) is 1.46. The van der Waals surface area contributed by atoms with Crippen LogP contribution in [-0.2, 0) is 4.74 Å². The molecule has 1 aromatic heterocycles. The van der Waals surface area contributed by atoms with Gasteiger partial charge in [0.15, 0.2) is 0 Å². The van der Waals surface area contributed by atoms with Crippen LogP contribution in [0, 0.1) is 0 Å². The first kappa shape index (κ1) is 13.2. The molecule has 0 fully saturated rings. The zero-order valence-electron chi connectivity index (χ0n) is 9.42. The van der Waals surface area contributed by atoms with Crippen LogP contribution in [0.5, 0.6) is 0 Å². The Hall–Kier alpha value is 0.100. The molecule has 1 rings (SSSR count). The normalized spacial score (nSPS) is 15.2. The van der Waals surface area contributed by atoms with Gasteiger partial charge in [-0.25, -0.2) is 0 Å². The van der Waals surface area contributed by atoms with Crippen LogP contribution in [0.3, 0.4) is 0 Å². The van der Waals surface area contributed by atoms with Crippen molar-refractivity contribution in [1.29, 1.82) is 0 Å². The predicted octanol–water partition coefficient (Wildman–Crippen LogP) is 3.59. The Bertz CT molecular complexity index is 290. The number of hydrogen-bond acceptors (Lipinski definition) is 3. The van der Waals surface area contributed by atoms with E-state index in [2.05, 4.69) is 46.5 Å². The zero-order valence-corrected chi connectivity index (χ0v) is 11.8. The van der Waals surface area contributed by atoms with Crippen molar-refractivity contribution in [2.75, 3.05) is 13.2 Å². The van der Waals surface area contributed by atoms with Crippen molar-refractivity contribution in [2.24, 2.45) is 0 Å². The molecular weight excluding hydrogens is 274 g/mol. The Morgan fingerprint density at radius 3 is 2.80 bits per heavy atom. The summed E-state index contributed by atoms with van der Waals surface area (Å²) in [6.45, 7) is 7.89. The van der Waals surface area contributed by atoms with Gasteiger partial charge in [-0.05, 0) is 48.1 Å². The predicted molar refractivity (Wildman–Crippen MR) is 69.5 cm³/mol. The summed E-state index contributed by atoms with van der Waals surface area (Å²) in [5.74, 6) is 0. The lowest BCUT2D eigenvalue weighted by Crippen LogP contribution is -2.32. The second-order valence-electron chi connectivity index (χ2n) is 3.58. The van der Waals surface area contributed by atoms with Crippen LogP contribution in [0.15, 0.2) is 15.9 Å². The molecule has 0 amide bonds. The summed E-state index contributed by atoms with van der Waals surface area (Å²) >= 11 is 5.32. The first-order valence-corrected chi connectivity index (χ1v) is 6.89. The summed E-state index contributed by atoms with van der Waals surface area (Å²) in [4.78, 5) is 1.35. The van der Waals surface area contributed by atoms with E-state index in [1.807, 2.05) is 6.92 Å². The van der Waals surface area contributed by atoms with Crippen LogP contribution in [0.4, 0.5) is 0 Å². The molecule has 0 aliphatic heterocycles. The molecule has 4 heteroatoms. The van der Waals surface area contributed by atoms with E-state index >= 15 is 0 Å². The van der Waals surface area contributed by atoms with Gasteiger partial charge in [0.05, 0.1) is 6.61 Å². The average Bonchev–Trinajstić information content (AvgIpc) is 2.61. The highest BCUT2D eigenvalue weighted by molar-refractivity contribution is 9.10. The van der Waals surface area contributed by atoms with E-state index in [0.29, 0.717) is 12.1 Å². The van der Waals surface area contributed by atoms with Gasteiger partial charge in [0.25, 0.3) is 0 Å². The smallest absolute Gasteiger partial charge is 0.0616 e. The van der Waals surface area contributed by atoms with Gasteiger partial charge in [-0.2, -0.15) is 0 Å². The minimum absolute atomic E-state index is 0.370. The van der Waals surface area contributed by atoms with Crippen LogP contribution in [-0.4, -0.2) is 19.3 Å². The maximum Gasteiger partial charge on any atom is 0.0616 e. The van der Waals surface area contributed by atoms with Crippen molar-refractivity contribution in [1.82, 2.24) is 5.32 Å². The van der Waals surface area contributed by atoms with Crippen molar-refractivity contribution in [3.63, 3.8) is 0 Å². The maximum atomic E-state index is 5.37. The number of nitrogens with one attached hydrogen (secondary N) is 1. The van der Waals surface area contributed by atoms with Crippen LogP contribution >= 0.6 is 27.3 Å². The summed E-state index contributed by atoms with van der Waals surface area (Å²) in [5, 5.41) is 5.62. The van der Waals surface area contributed by atoms with E-state index in [-0.39, 0.29) is 0 Å². The molecule has 0 aliphatic carbocycles. The first-order chi connectivity index (χ1) is 7.15. The lowest BCUT2D eigenvalue weighted by molar-refractivity contribution is 0.124. The van der Waals surface area contributed by atoms with Gasteiger partial charge < -0.3 is 10.1 Å². The molecule has 0 saturated heterocycles. The van der Waals surface area contributed by atoms with E-state index < -0.39 is 0 Å². The van der Waals surface area contributed by atoms with Gasteiger partial charge in [0.1, 0.15) is 0 Å². The number of hydrogen-bond donors (Lipinski definition) is 1. The van der Waals surface area contributed by atoms with Gasteiger partial charge in [-0.1, -0.05) is 0 Å². The van der Waals surface area contributed by atoms with E-state index in [9.17, 15) is 0 Å². The minimum Gasteiger partial charge on any atom is -0.380 e. The molecule has 2 nitrogen and oxygen atoms in total. The fourth-order valence-corrected chi connectivity index (χ4v) is 3.19. The Balaban J connectivity index is 2.42. The Labute approximate surface area is 104 Å². The van der Waals surface area contributed by atoms with E-state index in [1.165, 1.54) is 9.35 Å². The van der Waals surface area contributed by atoms with Gasteiger partial charge >= 0.3 is 0 Å². The third kappa shape index (κ3) is 4.23. The molecule has 86 valence electrons. The molecular formula is C11H18BrNOS. The third-order valence-electron chi connectivity index (χ3n) is 2.14. The highest BCUT2D eigenvalue weighted by Gasteiger charge is 2.13. The van der Waals surface area contributed by atoms with Crippen molar-refractivity contribution >= 4 is 27.3 Å². The van der Waals surface area contributed by atoms with Crippen LogP contribution < -0.4 is 5.32 Å². The van der Waals surface area contributed by atoms with Gasteiger partial charge in [0, 0.05) is 28.0 Å². The second-order valence-corrected chi connectivity index (χ2v) is 5.38. The van der Waals surface area contributed by atoms with Crippen molar-refractivity contribution in [3.8, 4) is 0 Å². The molecule has 1 heterocycles. The van der Waals surface area contributed by atoms with Gasteiger partial charge in [0.2, 0.25) is 0 Å². The Morgan fingerprint density at radius 1 is 1.53 bits per heavy atom. The molecule has 0 spiro atoms. The van der Waals surface area contributed by atoms with Crippen molar-refractivity contribution < 1.29 is 4.74 Å². The third-order valence-corrected chi connectivity index (χ3v) is 4.20. The summed E-state index contributed by atoms with van der Waals surface area (Å²) in [6.07, 6.45) is 0. The number of thiophene rings is 1. The monoisotopic (exact) mass is 291 g/mol. The highest BCUT2D eigenvalue weighted by Crippen LogP contribution is 2.28. The topological polar surface area (TPSA) is 21.3 Å². The number of rotatable bonds is 6. The molecule has 0 saturated carbocycles. The standard InChI is InChI=1S/C11H18BrNOS/c1-4-14-7-8(2)13-9(3)11-10(12)5-6-15-11/h5-6,8-9,13H,4,7H2,1-3H3. The summed E-state index contributed by atoms with van der Waals surface area (Å²) in [7, 11) is 0. The van der Waals surface area contributed by atoms with E-state index in [0.717, 1.165) is 13.2 Å². The number of halogens is 1. The van der Waals surface area contributed by atoms with Crippen molar-refractivity contribution in [2.45, 2.75) is 32.9 Å². The fraction of sp³-hybridized carbons (Fsp3) is 0.636. The van der Waals surface area contributed by atoms with Crippen LogP contribution in [0.25, 0.3) is 0 Å². The largest absolute Gasteiger partial charge is 0.380 e. The summed E-state index contributed by atoms with van der Waals surface area (Å²) in [5.41, 5.74) is 0. The number of ether oxygens (including phenoxy) is 1. The molecule has 15 heavy (non-hydrogen) atoms. The molecule has 0 aliphatic rings. The zero-order chi connectivity index (χ0) is 11.3. The molecule has 0 radical (unpaired) electrons. The minimum atomic E-state index is 0.370. The summed E-state index contributed by atoms with van der Waals surface area (Å²) < 4.78 is 6.56. The average molecular weight is 292 g/mol. The van der Waals surface area contributed by atoms with Gasteiger partial charge in [-0.3, -0.25) is 0 Å². The highest BCUT2D eigenvalue weighted by atomic mass is 79.9. The van der Waals surface area contributed by atoms with E-state index in [4.69, 9.17) is 4.74 Å². The molecule has 1 N–H and O–H groups in total. The van der Waals surface area contributed by atoms with Crippen molar-refractivity contribution in [3.05, 3.63) is 20.8 Å². The Kier molecular flexibility index (Phi) is 5.82. The Morgan fingerprint density at radius 2 is 2.27 bits per heavy atom. The van der Waals surface area contributed by atoms with Crippen LogP contribution in [0.2, 0.25) is 0 Å². The second kappa shape index (κ2) is 6.63. The van der Waals surface area contributed by atoms with Crippen LogP contribution in [0.1, 0.15) is 31.7 Å². The molecule has 0 aromatic carbocycles. The maximum absolute atomic E-state index is 5.37. The molecule has 2 unspecified atom stereocenters. The van der Waals surface area contributed by atoms with Gasteiger partial charge in [-0.15, -0.1) is 11.3 Å². The molecule has 1 aromatic rings. The molecule has 2 atom stereocenters. The SMILES string of the molecule is CCOCC(C)NC(C)c1sccc1Br.